The van der Waals surface area contributed by atoms with Crippen molar-refractivity contribution in [3.05, 3.63) is 65.2 Å². The van der Waals surface area contributed by atoms with Crippen molar-refractivity contribution in [2.75, 3.05) is 12.3 Å². The third-order valence-electron chi connectivity index (χ3n) is 3.04. The molecule has 0 amide bonds. The molecule has 0 radical (unpaired) electrons. The van der Waals surface area contributed by atoms with Crippen molar-refractivity contribution < 1.29 is 4.79 Å². The summed E-state index contributed by atoms with van der Waals surface area (Å²) in [5.41, 5.74) is 9.30. The number of nitrogen functional groups attached to an aromatic ring is 1. The van der Waals surface area contributed by atoms with Gasteiger partial charge in [0.05, 0.1) is 0 Å². The molecule has 3 nitrogen and oxygen atoms in total. The highest BCUT2D eigenvalue weighted by Crippen LogP contribution is 2.12. The van der Waals surface area contributed by atoms with Crippen LogP contribution in [0.3, 0.4) is 0 Å². The molecule has 0 unspecified atom stereocenters. The predicted molar refractivity (Wildman–Crippen MR) is 78.1 cm³/mol. The zero-order valence-electron chi connectivity index (χ0n) is 10.8. The zero-order valence-corrected chi connectivity index (χ0v) is 10.8. The van der Waals surface area contributed by atoms with E-state index in [4.69, 9.17) is 5.73 Å². The van der Waals surface area contributed by atoms with Gasteiger partial charge in [-0.3, -0.25) is 4.79 Å². The Labute approximate surface area is 113 Å². The number of aldehydes is 1. The monoisotopic (exact) mass is 254 g/mol. The molecule has 0 aliphatic carbocycles. The number of rotatable bonds is 6. The highest BCUT2D eigenvalue weighted by Gasteiger charge is 1.99. The van der Waals surface area contributed by atoms with Crippen LogP contribution in [0.1, 0.15) is 21.5 Å². The SMILES string of the molecule is Nc1cc(CCNCc2ccccc2)ccc1C=O. The van der Waals surface area contributed by atoms with E-state index in [9.17, 15) is 4.79 Å². The summed E-state index contributed by atoms with van der Waals surface area (Å²) in [6.45, 7) is 1.75. The molecule has 0 aliphatic heterocycles. The largest absolute Gasteiger partial charge is 0.398 e. The minimum Gasteiger partial charge on any atom is -0.398 e. The van der Waals surface area contributed by atoms with Gasteiger partial charge in [0.1, 0.15) is 0 Å². The van der Waals surface area contributed by atoms with Crippen molar-refractivity contribution >= 4 is 12.0 Å². The highest BCUT2D eigenvalue weighted by atomic mass is 16.1. The summed E-state index contributed by atoms with van der Waals surface area (Å²) in [4.78, 5) is 10.7. The van der Waals surface area contributed by atoms with Gasteiger partial charge in [-0.15, -0.1) is 0 Å². The number of benzene rings is 2. The Balaban J connectivity index is 1.80. The van der Waals surface area contributed by atoms with Gasteiger partial charge in [-0.05, 0) is 36.2 Å². The molecule has 0 spiro atoms. The first kappa shape index (κ1) is 13.3. The number of nitrogens with two attached hydrogens (primary N) is 1. The molecule has 0 saturated carbocycles. The first-order valence-electron chi connectivity index (χ1n) is 6.38. The van der Waals surface area contributed by atoms with Crippen molar-refractivity contribution in [1.29, 1.82) is 0 Å². The van der Waals surface area contributed by atoms with Crippen molar-refractivity contribution in [2.24, 2.45) is 0 Å². The summed E-state index contributed by atoms with van der Waals surface area (Å²) < 4.78 is 0. The van der Waals surface area contributed by atoms with E-state index >= 15 is 0 Å². The van der Waals surface area contributed by atoms with E-state index in [-0.39, 0.29) is 0 Å². The van der Waals surface area contributed by atoms with Gasteiger partial charge in [-0.25, -0.2) is 0 Å². The van der Waals surface area contributed by atoms with Crippen molar-refractivity contribution in [3.63, 3.8) is 0 Å². The fraction of sp³-hybridized carbons (Fsp3) is 0.188. The lowest BCUT2D eigenvalue weighted by Gasteiger charge is -2.06. The first-order chi connectivity index (χ1) is 9.29. The molecule has 0 heterocycles. The predicted octanol–water partition coefficient (Wildman–Crippen LogP) is 2.41. The van der Waals surface area contributed by atoms with Gasteiger partial charge < -0.3 is 11.1 Å². The maximum atomic E-state index is 10.7. The molecular formula is C16H18N2O. The molecule has 3 N–H and O–H groups in total. The second-order valence-electron chi connectivity index (χ2n) is 4.49. The molecule has 2 aromatic carbocycles. The van der Waals surface area contributed by atoms with Gasteiger partial charge in [0.2, 0.25) is 0 Å². The molecule has 3 heteroatoms. The van der Waals surface area contributed by atoms with Crippen LogP contribution in [0.5, 0.6) is 0 Å². The molecule has 19 heavy (non-hydrogen) atoms. The molecule has 2 aromatic rings. The maximum Gasteiger partial charge on any atom is 0.152 e. The topological polar surface area (TPSA) is 55.1 Å². The molecule has 0 fully saturated rings. The summed E-state index contributed by atoms with van der Waals surface area (Å²) in [5.74, 6) is 0. The van der Waals surface area contributed by atoms with Gasteiger partial charge in [0.15, 0.2) is 6.29 Å². The number of anilines is 1. The normalized spacial score (nSPS) is 10.3. The average Bonchev–Trinajstić information content (AvgIpc) is 2.45. The number of nitrogens with one attached hydrogen (secondary N) is 1. The van der Waals surface area contributed by atoms with Crippen LogP contribution in [0.2, 0.25) is 0 Å². The van der Waals surface area contributed by atoms with E-state index < -0.39 is 0 Å². The lowest BCUT2D eigenvalue weighted by molar-refractivity contribution is 0.112. The fourth-order valence-electron chi connectivity index (χ4n) is 1.95. The molecule has 0 aliphatic rings. The molecule has 98 valence electrons. The Morgan fingerprint density at radius 1 is 1.05 bits per heavy atom. The Morgan fingerprint density at radius 2 is 1.84 bits per heavy atom. The van der Waals surface area contributed by atoms with E-state index in [1.54, 1.807) is 6.07 Å². The van der Waals surface area contributed by atoms with Crippen LogP contribution in [0.25, 0.3) is 0 Å². The van der Waals surface area contributed by atoms with Crippen LogP contribution < -0.4 is 11.1 Å². The van der Waals surface area contributed by atoms with Crippen molar-refractivity contribution in [2.45, 2.75) is 13.0 Å². The Kier molecular flexibility index (Phi) is 4.70. The van der Waals surface area contributed by atoms with Crippen LogP contribution in [-0.2, 0) is 13.0 Å². The number of hydrogen-bond donors (Lipinski definition) is 2. The lowest BCUT2D eigenvalue weighted by atomic mass is 10.1. The Bertz CT molecular complexity index is 538. The minimum absolute atomic E-state index is 0.551. The first-order valence-corrected chi connectivity index (χ1v) is 6.38. The van der Waals surface area contributed by atoms with Gasteiger partial charge in [-0.2, -0.15) is 0 Å². The Morgan fingerprint density at radius 3 is 2.53 bits per heavy atom. The number of hydrogen-bond acceptors (Lipinski definition) is 3. The molecule has 0 bridgehead atoms. The standard InChI is InChI=1S/C16H18N2O/c17-16-10-13(6-7-15(16)12-19)8-9-18-11-14-4-2-1-3-5-14/h1-7,10,12,18H,8-9,11,17H2. The van der Waals surface area contributed by atoms with E-state index in [1.165, 1.54) is 5.56 Å². The molecular weight excluding hydrogens is 236 g/mol. The second kappa shape index (κ2) is 6.71. The molecule has 2 rings (SSSR count). The summed E-state index contributed by atoms with van der Waals surface area (Å²) in [6.07, 6.45) is 1.68. The molecule has 0 saturated heterocycles. The zero-order chi connectivity index (χ0) is 13.5. The fourth-order valence-corrected chi connectivity index (χ4v) is 1.95. The average molecular weight is 254 g/mol. The van der Waals surface area contributed by atoms with Crippen LogP contribution in [0, 0.1) is 0 Å². The lowest BCUT2D eigenvalue weighted by Crippen LogP contribution is -2.16. The highest BCUT2D eigenvalue weighted by molar-refractivity contribution is 5.83. The van der Waals surface area contributed by atoms with Crippen LogP contribution in [-0.4, -0.2) is 12.8 Å². The summed E-state index contributed by atoms with van der Waals surface area (Å²) in [5, 5.41) is 3.39. The van der Waals surface area contributed by atoms with Crippen molar-refractivity contribution in [3.8, 4) is 0 Å². The smallest absolute Gasteiger partial charge is 0.152 e. The van der Waals surface area contributed by atoms with E-state index in [1.807, 2.05) is 30.3 Å². The third-order valence-corrected chi connectivity index (χ3v) is 3.04. The van der Waals surface area contributed by atoms with Gasteiger partial charge in [0, 0.05) is 17.8 Å². The summed E-state index contributed by atoms with van der Waals surface area (Å²) in [6, 6.07) is 15.9. The van der Waals surface area contributed by atoms with Gasteiger partial charge in [0.25, 0.3) is 0 Å². The number of carbonyl (C=O) groups excluding carboxylic acids is 1. The van der Waals surface area contributed by atoms with Crippen LogP contribution >= 0.6 is 0 Å². The second-order valence-corrected chi connectivity index (χ2v) is 4.49. The number of carbonyl (C=O) groups is 1. The van der Waals surface area contributed by atoms with E-state index in [0.29, 0.717) is 11.3 Å². The molecule has 0 atom stereocenters. The Hall–Kier alpha value is -2.13. The molecule has 0 aromatic heterocycles. The quantitative estimate of drug-likeness (QED) is 0.473. The van der Waals surface area contributed by atoms with Gasteiger partial charge >= 0.3 is 0 Å². The summed E-state index contributed by atoms with van der Waals surface area (Å²) in [7, 11) is 0. The minimum atomic E-state index is 0.551. The third kappa shape index (κ3) is 3.93. The van der Waals surface area contributed by atoms with E-state index in [0.717, 1.165) is 31.4 Å². The van der Waals surface area contributed by atoms with Crippen LogP contribution in [0.4, 0.5) is 5.69 Å². The van der Waals surface area contributed by atoms with Crippen LogP contribution in [0.15, 0.2) is 48.5 Å². The maximum absolute atomic E-state index is 10.7. The van der Waals surface area contributed by atoms with Crippen molar-refractivity contribution in [1.82, 2.24) is 5.32 Å². The summed E-state index contributed by atoms with van der Waals surface area (Å²) >= 11 is 0. The van der Waals surface area contributed by atoms with E-state index in [2.05, 4.69) is 17.4 Å². The van der Waals surface area contributed by atoms with Gasteiger partial charge in [-0.1, -0.05) is 36.4 Å².